The number of hydrogen-bond donors (Lipinski definition) is 2. The monoisotopic (exact) mass is 265 g/mol. The fourth-order valence-electron chi connectivity index (χ4n) is 1.54. The second-order valence-electron chi connectivity index (χ2n) is 3.63. The third kappa shape index (κ3) is 2.62. The van der Waals surface area contributed by atoms with Crippen LogP contribution >= 0.6 is 11.6 Å². The Balaban J connectivity index is 2.21. The van der Waals surface area contributed by atoms with E-state index >= 15 is 0 Å². The van der Waals surface area contributed by atoms with Gasteiger partial charge >= 0.3 is 0 Å². The third-order valence-electron chi connectivity index (χ3n) is 2.42. The fraction of sp³-hybridized carbons (Fsp3) is 0.167. The Morgan fingerprint density at radius 1 is 1.44 bits per heavy atom. The van der Waals surface area contributed by atoms with E-state index in [4.69, 9.17) is 27.3 Å². The number of aromatic nitrogens is 1. The Labute approximate surface area is 109 Å². The Morgan fingerprint density at radius 2 is 2.28 bits per heavy atom. The largest absolute Gasteiger partial charge is 0.491 e. The summed E-state index contributed by atoms with van der Waals surface area (Å²) in [5.41, 5.74) is 6.06. The number of oxime groups is 1. The van der Waals surface area contributed by atoms with Gasteiger partial charge in [-0.05, 0) is 24.3 Å². The normalized spacial score (nSPS) is 11.7. The lowest BCUT2D eigenvalue weighted by Gasteiger charge is -2.08. The van der Waals surface area contributed by atoms with Crippen molar-refractivity contribution in [3.63, 3.8) is 0 Å². The molecular weight excluding hydrogens is 254 g/mol. The number of fused-ring (bicyclic) bond motifs is 1. The summed E-state index contributed by atoms with van der Waals surface area (Å²) in [6.07, 6.45) is 2.02. The van der Waals surface area contributed by atoms with Crippen molar-refractivity contribution >= 4 is 28.3 Å². The maximum Gasteiger partial charge on any atom is 0.145 e. The first-order valence-electron chi connectivity index (χ1n) is 5.35. The summed E-state index contributed by atoms with van der Waals surface area (Å²) in [7, 11) is 0. The van der Waals surface area contributed by atoms with Gasteiger partial charge in [-0.3, -0.25) is 4.98 Å². The molecule has 0 aliphatic heterocycles. The van der Waals surface area contributed by atoms with Crippen molar-refractivity contribution in [1.29, 1.82) is 0 Å². The van der Waals surface area contributed by atoms with E-state index in [9.17, 15) is 0 Å². The van der Waals surface area contributed by atoms with Crippen LogP contribution in [0, 0.1) is 0 Å². The molecule has 0 fully saturated rings. The van der Waals surface area contributed by atoms with Gasteiger partial charge in [0.25, 0.3) is 0 Å². The number of nitrogens with zero attached hydrogens (tertiary/aromatic N) is 2. The standard InChI is InChI=1S/C12H12ClN3O2/c13-9-3-4-10(18-7-5-11(14)16-17)12-8(9)2-1-6-15-12/h1-4,6,17H,5,7H2,(H2,14,16). The molecule has 2 rings (SSSR count). The number of pyridine rings is 1. The third-order valence-corrected chi connectivity index (χ3v) is 2.75. The molecule has 18 heavy (non-hydrogen) atoms. The molecule has 1 heterocycles. The predicted octanol–water partition coefficient (Wildman–Crippen LogP) is 2.40. The summed E-state index contributed by atoms with van der Waals surface area (Å²) >= 11 is 6.07. The number of amidine groups is 1. The van der Waals surface area contributed by atoms with E-state index in [1.807, 2.05) is 12.1 Å². The Morgan fingerprint density at radius 3 is 3.06 bits per heavy atom. The van der Waals surface area contributed by atoms with Gasteiger partial charge in [-0.15, -0.1) is 0 Å². The highest BCUT2D eigenvalue weighted by Gasteiger charge is 2.06. The average Bonchev–Trinajstić information content (AvgIpc) is 2.41. The molecule has 0 amide bonds. The zero-order chi connectivity index (χ0) is 13.0. The summed E-state index contributed by atoms with van der Waals surface area (Å²) in [5, 5.41) is 12.8. The fourth-order valence-corrected chi connectivity index (χ4v) is 1.76. The molecule has 0 unspecified atom stereocenters. The number of benzene rings is 1. The van der Waals surface area contributed by atoms with Crippen molar-refractivity contribution in [2.24, 2.45) is 10.9 Å². The molecule has 3 N–H and O–H groups in total. The van der Waals surface area contributed by atoms with Crippen molar-refractivity contribution < 1.29 is 9.94 Å². The lowest BCUT2D eigenvalue weighted by atomic mass is 10.2. The van der Waals surface area contributed by atoms with Crippen LogP contribution in [0.4, 0.5) is 0 Å². The molecule has 0 spiro atoms. The molecule has 1 aromatic heterocycles. The molecule has 0 bridgehead atoms. The van der Waals surface area contributed by atoms with Crippen molar-refractivity contribution in [1.82, 2.24) is 4.98 Å². The molecule has 0 aliphatic rings. The average molecular weight is 266 g/mol. The maximum absolute atomic E-state index is 8.42. The van der Waals surface area contributed by atoms with Crippen LogP contribution < -0.4 is 10.5 Å². The van der Waals surface area contributed by atoms with Crippen LogP contribution in [-0.2, 0) is 0 Å². The summed E-state index contributed by atoms with van der Waals surface area (Å²) in [5.74, 6) is 0.752. The molecule has 0 radical (unpaired) electrons. The molecule has 1 aromatic carbocycles. The van der Waals surface area contributed by atoms with E-state index in [-0.39, 0.29) is 5.84 Å². The molecule has 0 saturated carbocycles. The second kappa shape index (κ2) is 5.55. The number of nitrogens with two attached hydrogens (primary N) is 1. The van der Waals surface area contributed by atoms with E-state index in [0.717, 1.165) is 5.39 Å². The topological polar surface area (TPSA) is 80.7 Å². The minimum absolute atomic E-state index is 0.126. The van der Waals surface area contributed by atoms with Crippen LogP contribution in [0.1, 0.15) is 6.42 Å². The Kier molecular flexibility index (Phi) is 3.84. The van der Waals surface area contributed by atoms with Gasteiger partial charge in [0.2, 0.25) is 0 Å². The van der Waals surface area contributed by atoms with E-state index < -0.39 is 0 Å². The maximum atomic E-state index is 8.42. The minimum atomic E-state index is 0.126. The number of ether oxygens (including phenoxy) is 1. The van der Waals surface area contributed by atoms with Crippen LogP contribution in [-0.4, -0.2) is 22.6 Å². The van der Waals surface area contributed by atoms with Crippen LogP contribution in [0.15, 0.2) is 35.6 Å². The lowest BCUT2D eigenvalue weighted by molar-refractivity contribution is 0.306. The summed E-state index contributed by atoms with van der Waals surface area (Å²) < 4.78 is 5.55. The minimum Gasteiger partial charge on any atom is -0.491 e. The molecule has 0 aliphatic carbocycles. The van der Waals surface area contributed by atoms with Gasteiger partial charge in [0.15, 0.2) is 0 Å². The van der Waals surface area contributed by atoms with Crippen LogP contribution in [0.2, 0.25) is 5.02 Å². The van der Waals surface area contributed by atoms with Gasteiger partial charge in [-0.1, -0.05) is 16.8 Å². The Bertz CT molecular complexity index is 587. The van der Waals surface area contributed by atoms with Gasteiger partial charge in [0, 0.05) is 18.0 Å². The summed E-state index contributed by atoms with van der Waals surface area (Å²) in [4.78, 5) is 4.24. The van der Waals surface area contributed by atoms with Crippen LogP contribution in [0.5, 0.6) is 5.75 Å². The highest BCUT2D eigenvalue weighted by atomic mass is 35.5. The van der Waals surface area contributed by atoms with Crippen molar-refractivity contribution in [3.05, 3.63) is 35.5 Å². The lowest BCUT2D eigenvalue weighted by Crippen LogP contribution is -2.15. The van der Waals surface area contributed by atoms with Gasteiger partial charge in [-0.2, -0.15) is 0 Å². The second-order valence-corrected chi connectivity index (χ2v) is 4.04. The molecule has 0 saturated heterocycles. The van der Waals surface area contributed by atoms with Crippen molar-refractivity contribution in [2.45, 2.75) is 6.42 Å². The van der Waals surface area contributed by atoms with Crippen molar-refractivity contribution in [2.75, 3.05) is 6.61 Å². The molecule has 0 atom stereocenters. The van der Waals surface area contributed by atoms with E-state index in [1.165, 1.54) is 0 Å². The first kappa shape index (κ1) is 12.4. The van der Waals surface area contributed by atoms with Gasteiger partial charge in [0.1, 0.15) is 17.1 Å². The SMILES string of the molecule is N/C(CCOc1ccc(Cl)c2cccnc12)=N\O. The quantitative estimate of drug-likeness (QED) is 0.385. The number of halogens is 1. The number of rotatable bonds is 4. The molecule has 6 heteroatoms. The van der Waals surface area contributed by atoms with E-state index in [0.29, 0.717) is 29.3 Å². The molecular formula is C12H12ClN3O2. The number of hydrogen-bond acceptors (Lipinski definition) is 4. The van der Waals surface area contributed by atoms with Gasteiger partial charge in [0.05, 0.1) is 11.6 Å². The first-order valence-corrected chi connectivity index (χ1v) is 5.72. The summed E-state index contributed by atoms with van der Waals surface area (Å²) in [6.45, 7) is 0.309. The summed E-state index contributed by atoms with van der Waals surface area (Å²) in [6, 6.07) is 7.20. The van der Waals surface area contributed by atoms with Crippen LogP contribution in [0.3, 0.4) is 0 Å². The first-order chi connectivity index (χ1) is 8.72. The van der Waals surface area contributed by atoms with Gasteiger partial charge < -0.3 is 15.7 Å². The highest BCUT2D eigenvalue weighted by molar-refractivity contribution is 6.35. The van der Waals surface area contributed by atoms with Crippen molar-refractivity contribution in [3.8, 4) is 5.75 Å². The van der Waals surface area contributed by atoms with E-state index in [2.05, 4.69) is 10.1 Å². The van der Waals surface area contributed by atoms with Crippen LogP contribution in [0.25, 0.3) is 10.9 Å². The van der Waals surface area contributed by atoms with E-state index in [1.54, 1.807) is 18.3 Å². The van der Waals surface area contributed by atoms with Gasteiger partial charge in [-0.25, -0.2) is 0 Å². The Hall–Kier alpha value is -2.01. The molecule has 2 aromatic rings. The zero-order valence-corrected chi connectivity index (χ0v) is 10.3. The highest BCUT2D eigenvalue weighted by Crippen LogP contribution is 2.29. The predicted molar refractivity (Wildman–Crippen MR) is 70.3 cm³/mol. The molecule has 94 valence electrons. The molecule has 5 nitrogen and oxygen atoms in total. The smallest absolute Gasteiger partial charge is 0.145 e. The zero-order valence-electron chi connectivity index (χ0n) is 9.51.